The summed E-state index contributed by atoms with van der Waals surface area (Å²) in [7, 11) is 1.80. The number of carbonyl (C=O) groups excluding carboxylic acids is 1. The van der Waals surface area contributed by atoms with E-state index in [1.54, 1.807) is 11.9 Å². The second kappa shape index (κ2) is 4.80. The van der Waals surface area contributed by atoms with Crippen LogP contribution in [0.2, 0.25) is 0 Å². The molecule has 1 aromatic rings. The monoisotopic (exact) mass is 245 g/mol. The number of amides is 1. The SMILES string of the molecule is CCN(C)C(=O)C(C)N1Cc2ccccc2C1=N. The Morgan fingerprint density at radius 1 is 1.50 bits per heavy atom. The van der Waals surface area contributed by atoms with Crippen molar-refractivity contribution in [1.29, 1.82) is 5.41 Å². The number of benzene rings is 1. The van der Waals surface area contributed by atoms with Crippen molar-refractivity contribution in [3.63, 3.8) is 0 Å². The summed E-state index contributed by atoms with van der Waals surface area (Å²) in [5.41, 5.74) is 2.07. The van der Waals surface area contributed by atoms with Gasteiger partial charge < -0.3 is 9.80 Å². The van der Waals surface area contributed by atoms with Gasteiger partial charge in [-0.25, -0.2) is 0 Å². The quantitative estimate of drug-likeness (QED) is 0.881. The minimum absolute atomic E-state index is 0.0649. The van der Waals surface area contributed by atoms with Gasteiger partial charge in [-0.15, -0.1) is 0 Å². The lowest BCUT2D eigenvalue weighted by atomic mass is 10.1. The largest absolute Gasteiger partial charge is 0.344 e. The standard InChI is InChI=1S/C14H19N3O/c1-4-16(3)14(18)10(2)17-9-11-7-5-6-8-12(11)13(17)15/h5-8,10,15H,4,9H2,1-3H3. The van der Waals surface area contributed by atoms with Crippen LogP contribution in [0.15, 0.2) is 24.3 Å². The van der Waals surface area contributed by atoms with Crippen molar-refractivity contribution in [3.8, 4) is 0 Å². The summed E-state index contributed by atoms with van der Waals surface area (Å²) in [5, 5.41) is 8.16. The van der Waals surface area contributed by atoms with Gasteiger partial charge in [-0.3, -0.25) is 10.2 Å². The first-order valence-electron chi connectivity index (χ1n) is 6.24. The minimum Gasteiger partial charge on any atom is -0.344 e. The second-order valence-corrected chi connectivity index (χ2v) is 4.66. The topological polar surface area (TPSA) is 47.4 Å². The molecular formula is C14H19N3O. The fraction of sp³-hybridized carbons (Fsp3) is 0.429. The van der Waals surface area contributed by atoms with Gasteiger partial charge >= 0.3 is 0 Å². The molecule has 0 spiro atoms. The van der Waals surface area contributed by atoms with Crippen LogP contribution in [-0.4, -0.2) is 41.2 Å². The Morgan fingerprint density at radius 3 is 2.78 bits per heavy atom. The van der Waals surface area contributed by atoms with E-state index in [1.807, 2.05) is 43.0 Å². The summed E-state index contributed by atoms with van der Waals surface area (Å²) in [5.74, 6) is 0.519. The molecule has 1 atom stereocenters. The molecule has 0 aliphatic carbocycles. The summed E-state index contributed by atoms with van der Waals surface area (Å²) >= 11 is 0. The van der Waals surface area contributed by atoms with E-state index in [-0.39, 0.29) is 11.9 Å². The molecule has 1 aromatic carbocycles. The first-order chi connectivity index (χ1) is 8.56. The molecule has 0 bridgehead atoms. The zero-order valence-electron chi connectivity index (χ0n) is 11.1. The number of carbonyl (C=O) groups is 1. The van der Waals surface area contributed by atoms with E-state index >= 15 is 0 Å². The highest BCUT2D eigenvalue weighted by Gasteiger charge is 2.31. The van der Waals surface area contributed by atoms with Crippen molar-refractivity contribution in [1.82, 2.24) is 9.80 Å². The molecule has 1 heterocycles. The number of amidine groups is 1. The molecule has 4 heteroatoms. The fourth-order valence-corrected chi connectivity index (χ4v) is 2.25. The molecule has 1 aliphatic heterocycles. The lowest BCUT2D eigenvalue weighted by Gasteiger charge is -2.28. The van der Waals surface area contributed by atoms with Crippen molar-refractivity contribution < 1.29 is 4.79 Å². The number of nitrogens with one attached hydrogen (secondary N) is 1. The Hall–Kier alpha value is -1.84. The van der Waals surface area contributed by atoms with Gasteiger partial charge in [-0.1, -0.05) is 24.3 Å². The van der Waals surface area contributed by atoms with Crippen LogP contribution >= 0.6 is 0 Å². The normalized spacial score (nSPS) is 15.5. The van der Waals surface area contributed by atoms with Crippen LogP contribution in [0, 0.1) is 5.41 Å². The molecule has 1 unspecified atom stereocenters. The summed E-state index contributed by atoms with van der Waals surface area (Å²) in [6.45, 7) is 5.17. The molecule has 0 fully saturated rings. The zero-order valence-corrected chi connectivity index (χ0v) is 11.1. The van der Waals surface area contributed by atoms with Crippen molar-refractivity contribution >= 4 is 11.7 Å². The number of nitrogens with zero attached hydrogens (tertiary/aromatic N) is 2. The van der Waals surface area contributed by atoms with Crippen molar-refractivity contribution in [2.24, 2.45) is 0 Å². The Kier molecular flexibility index (Phi) is 3.36. The molecule has 0 saturated carbocycles. The van der Waals surface area contributed by atoms with E-state index in [4.69, 9.17) is 5.41 Å². The highest BCUT2D eigenvalue weighted by Crippen LogP contribution is 2.24. The first-order valence-corrected chi connectivity index (χ1v) is 6.24. The van der Waals surface area contributed by atoms with Crippen molar-refractivity contribution in [2.45, 2.75) is 26.4 Å². The van der Waals surface area contributed by atoms with E-state index < -0.39 is 0 Å². The predicted molar refractivity (Wildman–Crippen MR) is 71.6 cm³/mol. The summed E-state index contributed by atoms with van der Waals surface area (Å²) in [4.78, 5) is 15.7. The van der Waals surface area contributed by atoms with Crippen LogP contribution in [0.25, 0.3) is 0 Å². The van der Waals surface area contributed by atoms with Crippen LogP contribution in [0.1, 0.15) is 25.0 Å². The third-order valence-electron chi connectivity index (χ3n) is 3.58. The van der Waals surface area contributed by atoms with Crippen LogP contribution in [0.3, 0.4) is 0 Å². The van der Waals surface area contributed by atoms with Crippen molar-refractivity contribution in [3.05, 3.63) is 35.4 Å². The number of hydrogen-bond acceptors (Lipinski definition) is 2. The molecule has 2 rings (SSSR count). The maximum atomic E-state index is 12.1. The Morgan fingerprint density at radius 2 is 2.17 bits per heavy atom. The van der Waals surface area contributed by atoms with Crippen LogP contribution < -0.4 is 0 Å². The summed E-state index contributed by atoms with van der Waals surface area (Å²) in [6.07, 6.45) is 0. The van der Waals surface area contributed by atoms with E-state index in [9.17, 15) is 4.79 Å². The fourth-order valence-electron chi connectivity index (χ4n) is 2.25. The molecule has 1 N–H and O–H groups in total. The smallest absolute Gasteiger partial charge is 0.244 e. The van der Waals surface area contributed by atoms with Gasteiger partial charge in [-0.2, -0.15) is 0 Å². The van der Waals surface area contributed by atoms with E-state index in [0.717, 1.165) is 11.1 Å². The summed E-state index contributed by atoms with van der Waals surface area (Å²) < 4.78 is 0. The molecule has 96 valence electrons. The van der Waals surface area contributed by atoms with E-state index in [0.29, 0.717) is 18.9 Å². The van der Waals surface area contributed by atoms with Gasteiger partial charge in [0.05, 0.1) is 0 Å². The Labute approximate surface area is 108 Å². The average molecular weight is 245 g/mol. The Balaban J connectivity index is 2.19. The number of fused-ring (bicyclic) bond motifs is 1. The molecule has 0 radical (unpaired) electrons. The molecular weight excluding hydrogens is 226 g/mol. The van der Waals surface area contributed by atoms with Crippen molar-refractivity contribution in [2.75, 3.05) is 13.6 Å². The lowest BCUT2D eigenvalue weighted by Crippen LogP contribution is -2.45. The van der Waals surface area contributed by atoms with Crippen LogP contribution in [0.5, 0.6) is 0 Å². The molecule has 0 aromatic heterocycles. The van der Waals surface area contributed by atoms with E-state index in [2.05, 4.69) is 0 Å². The number of likely N-dealkylation sites (N-methyl/N-ethyl adjacent to an activating group) is 1. The molecule has 1 aliphatic rings. The van der Waals surface area contributed by atoms with E-state index in [1.165, 1.54) is 0 Å². The third-order valence-corrected chi connectivity index (χ3v) is 3.58. The number of hydrogen-bond donors (Lipinski definition) is 1. The molecule has 4 nitrogen and oxygen atoms in total. The Bertz CT molecular complexity index is 484. The van der Waals surface area contributed by atoms with Crippen LogP contribution in [-0.2, 0) is 11.3 Å². The molecule has 1 amide bonds. The molecule has 18 heavy (non-hydrogen) atoms. The van der Waals surface area contributed by atoms with Gasteiger partial charge in [-0.05, 0) is 19.4 Å². The zero-order chi connectivity index (χ0) is 13.3. The van der Waals surface area contributed by atoms with Gasteiger partial charge in [0.1, 0.15) is 11.9 Å². The van der Waals surface area contributed by atoms with Gasteiger partial charge in [0.2, 0.25) is 5.91 Å². The highest BCUT2D eigenvalue weighted by molar-refractivity contribution is 6.02. The van der Waals surface area contributed by atoms with Gasteiger partial charge in [0.25, 0.3) is 0 Å². The summed E-state index contributed by atoms with van der Waals surface area (Å²) in [6, 6.07) is 7.58. The lowest BCUT2D eigenvalue weighted by molar-refractivity contribution is -0.133. The van der Waals surface area contributed by atoms with Crippen LogP contribution in [0.4, 0.5) is 0 Å². The maximum absolute atomic E-state index is 12.1. The maximum Gasteiger partial charge on any atom is 0.244 e. The van der Waals surface area contributed by atoms with Gasteiger partial charge in [0.15, 0.2) is 0 Å². The highest BCUT2D eigenvalue weighted by atomic mass is 16.2. The van der Waals surface area contributed by atoms with Gasteiger partial charge in [0, 0.05) is 25.7 Å². The second-order valence-electron chi connectivity index (χ2n) is 4.66. The average Bonchev–Trinajstić information content (AvgIpc) is 2.74. The number of rotatable bonds is 3. The predicted octanol–water partition coefficient (Wildman–Crippen LogP) is 1.69. The third kappa shape index (κ3) is 1.98. The minimum atomic E-state index is -0.283. The first kappa shape index (κ1) is 12.6. The molecule has 0 saturated heterocycles.